The van der Waals surface area contributed by atoms with Crippen molar-refractivity contribution in [3.8, 4) is 12.1 Å². The van der Waals surface area contributed by atoms with Crippen molar-refractivity contribution in [2.75, 3.05) is 5.73 Å². The number of hydrogen-bond acceptors (Lipinski definition) is 3. The highest BCUT2D eigenvalue weighted by molar-refractivity contribution is 5.65. The molecule has 0 heterocycles. The highest BCUT2D eigenvalue weighted by atomic mass is 14.6. The van der Waals surface area contributed by atoms with E-state index >= 15 is 0 Å². The van der Waals surface area contributed by atoms with Crippen LogP contribution in [0.15, 0.2) is 42.5 Å². The molecule has 0 aliphatic rings. The van der Waals surface area contributed by atoms with Crippen molar-refractivity contribution >= 4 is 5.69 Å². The first kappa shape index (κ1) is 14.6. The first-order valence-electron chi connectivity index (χ1n) is 6.90. The molecule has 0 spiro atoms. The number of hydrogen-bond donors (Lipinski definition) is 1. The Morgan fingerprint density at radius 1 is 0.952 bits per heavy atom. The quantitative estimate of drug-likeness (QED) is 0.869. The summed E-state index contributed by atoms with van der Waals surface area (Å²) in [5, 5.41) is 18.2. The number of nitrogen functional groups attached to an aromatic ring is 1. The van der Waals surface area contributed by atoms with Gasteiger partial charge in [-0.1, -0.05) is 37.3 Å². The second kappa shape index (κ2) is 6.59. The Hall–Kier alpha value is -2.78. The van der Waals surface area contributed by atoms with Crippen molar-refractivity contribution in [1.29, 1.82) is 10.5 Å². The van der Waals surface area contributed by atoms with E-state index in [9.17, 15) is 0 Å². The number of nitrogens with zero attached hydrogens (tertiary/aromatic N) is 2. The summed E-state index contributed by atoms with van der Waals surface area (Å²) in [4.78, 5) is 0. The molecule has 0 saturated carbocycles. The van der Waals surface area contributed by atoms with Gasteiger partial charge in [0, 0.05) is 0 Å². The van der Waals surface area contributed by atoms with Gasteiger partial charge < -0.3 is 5.73 Å². The van der Waals surface area contributed by atoms with Gasteiger partial charge in [0.05, 0.1) is 16.8 Å². The normalized spacial score (nSPS) is 11.4. The van der Waals surface area contributed by atoms with E-state index in [1.165, 1.54) is 5.56 Å². The van der Waals surface area contributed by atoms with E-state index in [2.05, 4.69) is 31.2 Å². The molecule has 2 aromatic carbocycles. The zero-order valence-electron chi connectivity index (χ0n) is 12.0. The zero-order chi connectivity index (χ0) is 15.2. The van der Waals surface area contributed by atoms with Crippen LogP contribution in [0.5, 0.6) is 0 Å². The summed E-state index contributed by atoms with van der Waals surface area (Å²) in [6.45, 7) is 2.17. The van der Waals surface area contributed by atoms with Gasteiger partial charge in [-0.25, -0.2) is 0 Å². The molecule has 104 valence electrons. The summed E-state index contributed by atoms with van der Waals surface area (Å²) in [6.07, 6.45) is 1.79. The largest absolute Gasteiger partial charge is 0.397 e. The van der Waals surface area contributed by atoms with Crippen molar-refractivity contribution < 1.29 is 0 Å². The highest BCUT2D eigenvalue weighted by Gasteiger charge is 2.11. The Kier molecular flexibility index (Phi) is 4.59. The van der Waals surface area contributed by atoms with Crippen LogP contribution < -0.4 is 5.73 Å². The predicted octanol–water partition coefficient (Wildman–Crippen LogP) is 3.43. The summed E-state index contributed by atoms with van der Waals surface area (Å²) in [5.74, 6) is 0.425. The lowest BCUT2D eigenvalue weighted by atomic mass is 9.92. The maximum atomic E-state index is 9.09. The minimum atomic E-state index is 0.277. The van der Waals surface area contributed by atoms with E-state index in [0.717, 1.165) is 18.4 Å². The molecule has 2 aromatic rings. The van der Waals surface area contributed by atoms with Gasteiger partial charge in [0.15, 0.2) is 0 Å². The molecule has 0 fully saturated rings. The third-order valence-electron chi connectivity index (χ3n) is 3.49. The van der Waals surface area contributed by atoms with Gasteiger partial charge in [-0.15, -0.1) is 0 Å². The zero-order valence-corrected chi connectivity index (χ0v) is 12.0. The molecule has 0 saturated heterocycles. The predicted molar refractivity (Wildman–Crippen MR) is 83.3 cm³/mol. The SMILES string of the molecule is CC(Cc1ccccc1)Cc1cc(C#N)c(N)c(C#N)c1. The summed E-state index contributed by atoms with van der Waals surface area (Å²) in [6, 6.07) is 18.0. The lowest BCUT2D eigenvalue weighted by Gasteiger charge is -2.13. The molecule has 2 rings (SSSR count). The molecule has 0 aromatic heterocycles. The van der Waals surface area contributed by atoms with E-state index < -0.39 is 0 Å². The Balaban J connectivity index is 2.16. The van der Waals surface area contributed by atoms with Gasteiger partial charge in [0.25, 0.3) is 0 Å². The van der Waals surface area contributed by atoms with Gasteiger partial charge in [0.2, 0.25) is 0 Å². The van der Waals surface area contributed by atoms with Gasteiger partial charge in [-0.05, 0) is 42.0 Å². The Morgan fingerprint density at radius 3 is 2.00 bits per heavy atom. The number of anilines is 1. The van der Waals surface area contributed by atoms with E-state index in [4.69, 9.17) is 16.3 Å². The maximum absolute atomic E-state index is 9.09. The Morgan fingerprint density at radius 2 is 1.48 bits per heavy atom. The molecular formula is C18H17N3. The second-order valence-electron chi connectivity index (χ2n) is 5.33. The number of nitrogens with two attached hydrogens (primary N) is 1. The van der Waals surface area contributed by atoms with Crippen molar-refractivity contribution in [3.63, 3.8) is 0 Å². The average molecular weight is 275 g/mol. The third-order valence-corrected chi connectivity index (χ3v) is 3.49. The summed E-state index contributed by atoms with van der Waals surface area (Å²) >= 11 is 0. The molecule has 0 bridgehead atoms. The van der Waals surface area contributed by atoms with Crippen molar-refractivity contribution in [3.05, 3.63) is 64.7 Å². The van der Waals surface area contributed by atoms with E-state index in [1.807, 2.05) is 18.2 Å². The van der Waals surface area contributed by atoms with Gasteiger partial charge in [-0.2, -0.15) is 10.5 Å². The molecule has 3 nitrogen and oxygen atoms in total. The van der Waals surface area contributed by atoms with E-state index in [0.29, 0.717) is 17.0 Å². The Bertz CT molecular complexity index is 670. The number of nitriles is 2. The van der Waals surface area contributed by atoms with Crippen LogP contribution in [-0.2, 0) is 12.8 Å². The summed E-state index contributed by atoms with van der Waals surface area (Å²) < 4.78 is 0. The standard InChI is InChI=1S/C18H17N3/c1-13(7-14-5-3-2-4-6-14)8-15-9-16(11-19)18(21)17(10-15)12-20/h2-6,9-10,13H,7-8,21H2,1H3. The van der Waals surface area contributed by atoms with Crippen LogP contribution in [0.25, 0.3) is 0 Å². The van der Waals surface area contributed by atoms with Crippen molar-refractivity contribution in [1.82, 2.24) is 0 Å². The number of rotatable bonds is 4. The van der Waals surface area contributed by atoms with Crippen LogP contribution in [0.3, 0.4) is 0 Å². The fourth-order valence-electron chi connectivity index (χ4n) is 2.51. The first-order chi connectivity index (χ1) is 10.1. The first-order valence-corrected chi connectivity index (χ1v) is 6.90. The van der Waals surface area contributed by atoms with Gasteiger partial charge >= 0.3 is 0 Å². The molecule has 0 radical (unpaired) electrons. The average Bonchev–Trinajstić information content (AvgIpc) is 2.49. The molecule has 1 unspecified atom stereocenters. The van der Waals surface area contributed by atoms with E-state index in [-0.39, 0.29) is 5.69 Å². The molecule has 2 N–H and O–H groups in total. The van der Waals surface area contributed by atoms with Crippen LogP contribution in [0.4, 0.5) is 5.69 Å². The van der Waals surface area contributed by atoms with Crippen LogP contribution in [0, 0.1) is 28.6 Å². The fraction of sp³-hybridized carbons (Fsp3) is 0.222. The summed E-state index contributed by atoms with van der Waals surface area (Å²) in [7, 11) is 0. The molecule has 0 amide bonds. The molecule has 3 heteroatoms. The van der Waals surface area contributed by atoms with Crippen LogP contribution in [0.2, 0.25) is 0 Å². The van der Waals surface area contributed by atoms with Gasteiger partial charge in [-0.3, -0.25) is 0 Å². The third kappa shape index (κ3) is 3.61. The van der Waals surface area contributed by atoms with E-state index in [1.54, 1.807) is 12.1 Å². The van der Waals surface area contributed by atoms with Crippen LogP contribution in [0.1, 0.15) is 29.2 Å². The second-order valence-corrected chi connectivity index (χ2v) is 5.33. The molecular weight excluding hydrogens is 258 g/mol. The van der Waals surface area contributed by atoms with Gasteiger partial charge in [0.1, 0.15) is 12.1 Å². The molecule has 0 aliphatic carbocycles. The van der Waals surface area contributed by atoms with Crippen molar-refractivity contribution in [2.24, 2.45) is 5.92 Å². The Labute approximate surface area is 125 Å². The lowest BCUT2D eigenvalue weighted by Crippen LogP contribution is -2.05. The maximum Gasteiger partial charge on any atom is 0.101 e. The smallest absolute Gasteiger partial charge is 0.101 e. The van der Waals surface area contributed by atoms with Crippen molar-refractivity contribution in [2.45, 2.75) is 19.8 Å². The molecule has 0 aliphatic heterocycles. The fourth-order valence-corrected chi connectivity index (χ4v) is 2.51. The minimum Gasteiger partial charge on any atom is -0.397 e. The highest BCUT2D eigenvalue weighted by Crippen LogP contribution is 2.22. The molecule has 21 heavy (non-hydrogen) atoms. The monoisotopic (exact) mass is 275 g/mol. The lowest BCUT2D eigenvalue weighted by molar-refractivity contribution is 0.577. The van der Waals surface area contributed by atoms with Crippen LogP contribution >= 0.6 is 0 Å². The number of benzene rings is 2. The molecule has 1 atom stereocenters. The topological polar surface area (TPSA) is 73.6 Å². The minimum absolute atomic E-state index is 0.277. The van der Waals surface area contributed by atoms with Crippen LogP contribution in [-0.4, -0.2) is 0 Å². The summed E-state index contributed by atoms with van der Waals surface area (Å²) in [5.41, 5.74) is 9.11.